The summed E-state index contributed by atoms with van der Waals surface area (Å²) in [5.74, 6) is 1.31. The van der Waals surface area contributed by atoms with E-state index in [1.54, 1.807) is 0 Å². The molecule has 2 aromatic heterocycles. The van der Waals surface area contributed by atoms with Gasteiger partial charge in [0, 0.05) is 0 Å². The number of hydrogen-bond acceptors (Lipinski definition) is 5. The molecule has 0 aliphatic carbocycles. The molecular weight excluding hydrogens is 258 g/mol. The minimum Gasteiger partial charge on any atom is -0.337 e. The molecule has 0 saturated carbocycles. The lowest BCUT2D eigenvalue weighted by Crippen LogP contribution is -2.26. The van der Waals surface area contributed by atoms with Gasteiger partial charge >= 0.3 is 0 Å². The fraction of sp³-hybridized carbons (Fsp3) is 0.455. The zero-order valence-corrected chi connectivity index (χ0v) is 10.7. The number of piperidine rings is 1. The highest BCUT2D eigenvalue weighted by Gasteiger charge is 2.21. The monoisotopic (exact) mass is 269 g/mol. The van der Waals surface area contributed by atoms with Crippen LogP contribution in [-0.2, 0) is 0 Å². The number of thiophene rings is 1. The first-order chi connectivity index (χ1) is 8.33. The van der Waals surface area contributed by atoms with E-state index in [9.17, 15) is 0 Å². The van der Waals surface area contributed by atoms with E-state index in [-0.39, 0.29) is 6.04 Å². The zero-order valence-electron chi connectivity index (χ0n) is 9.15. The second-order valence-corrected chi connectivity index (χ2v) is 5.78. The van der Waals surface area contributed by atoms with Gasteiger partial charge in [-0.05, 0) is 31.5 Å². The van der Waals surface area contributed by atoms with Crippen LogP contribution < -0.4 is 5.32 Å². The summed E-state index contributed by atoms with van der Waals surface area (Å²) in [4.78, 5) is 5.37. The van der Waals surface area contributed by atoms with Gasteiger partial charge in [-0.25, -0.2) is 0 Å². The quantitative estimate of drug-likeness (QED) is 0.909. The molecular formula is C11H12ClN3OS. The molecule has 0 radical (unpaired) electrons. The van der Waals surface area contributed by atoms with Crippen molar-refractivity contribution in [2.75, 3.05) is 6.54 Å². The molecule has 17 heavy (non-hydrogen) atoms. The maximum Gasteiger partial charge on any atom is 0.244 e. The van der Waals surface area contributed by atoms with Crippen molar-refractivity contribution >= 4 is 22.9 Å². The molecule has 1 saturated heterocycles. The van der Waals surface area contributed by atoms with Crippen molar-refractivity contribution in [1.82, 2.24) is 15.5 Å². The largest absolute Gasteiger partial charge is 0.337 e. The molecule has 90 valence electrons. The number of halogens is 1. The topological polar surface area (TPSA) is 51.0 Å². The van der Waals surface area contributed by atoms with Crippen LogP contribution in [0.5, 0.6) is 0 Å². The summed E-state index contributed by atoms with van der Waals surface area (Å²) in [5.41, 5.74) is 0. The Morgan fingerprint density at radius 2 is 2.35 bits per heavy atom. The van der Waals surface area contributed by atoms with Crippen molar-refractivity contribution in [2.24, 2.45) is 0 Å². The molecule has 1 fully saturated rings. The van der Waals surface area contributed by atoms with Gasteiger partial charge in [0.25, 0.3) is 0 Å². The van der Waals surface area contributed by atoms with E-state index in [0.29, 0.717) is 11.7 Å². The van der Waals surface area contributed by atoms with Crippen molar-refractivity contribution in [1.29, 1.82) is 0 Å². The van der Waals surface area contributed by atoms with Gasteiger partial charge in [0.15, 0.2) is 0 Å². The number of nitrogens with one attached hydrogen (secondary N) is 1. The van der Waals surface area contributed by atoms with E-state index in [1.165, 1.54) is 24.2 Å². The Labute approximate surface area is 108 Å². The van der Waals surface area contributed by atoms with Crippen LogP contribution in [0.1, 0.15) is 31.2 Å². The van der Waals surface area contributed by atoms with Crippen LogP contribution in [0.3, 0.4) is 0 Å². The normalized spacial score (nSPS) is 20.6. The van der Waals surface area contributed by atoms with Crippen LogP contribution in [-0.4, -0.2) is 16.7 Å². The molecule has 2 aromatic rings. The van der Waals surface area contributed by atoms with Crippen molar-refractivity contribution in [3.63, 3.8) is 0 Å². The molecule has 3 rings (SSSR count). The van der Waals surface area contributed by atoms with Crippen LogP contribution in [0.25, 0.3) is 10.7 Å². The van der Waals surface area contributed by atoms with Crippen molar-refractivity contribution in [3.05, 3.63) is 22.4 Å². The van der Waals surface area contributed by atoms with E-state index in [0.717, 1.165) is 22.2 Å². The average molecular weight is 270 g/mol. The summed E-state index contributed by atoms with van der Waals surface area (Å²) in [6.07, 6.45) is 3.49. The molecule has 1 aliphatic rings. The standard InChI is InChI=1S/C11H12ClN3OS/c12-9-5-4-8(17-9)10-14-11(16-15-10)7-3-1-2-6-13-7/h4-5,7,13H,1-3,6H2. The van der Waals surface area contributed by atoms with E-state index >= 15 is 0 Å². The van der Waals surface area contributed by atoms with Crippen molar-refractivity contribution in [3.8, 4) is 10.7 Å². The Hall–Kier alpha value is -0.910. The predicted molar refractivity (Wildman–Crippen MR) is 67.2 cm³/mol. The summed E-state index contributed by atoms with van der Waals surface area (Å²) in [5, 5.41) is 7.39. The van der Waals surface area contributed by atoms with Gasteiger partial charge in [-0.1, -0.05) is 23.2 Å². The average Bonchev–Trinajstić information content (AvgIpc) is 2.98. The number of hydrogen-bond donors (Lipinski definition) is 1. The van der Waals surface area contributed by atoms with E-state index in [1.807, 2.05) is 12.1 Å². The third kappa shape index (κ3) is 2.36. The van der Waals surface area contributed by atoms with Gasteiger partial charge in [-0.15, -0.1) is 11.3 Å². The smallest absolute Gasteiger partial charge is 0.244 e. The molecule has 0 spiro atoms. The highest BCUT2D eigenvalue weighted by Crippen LogP contribution is 2.30. The third-order valence-electron chi connectivity index (χ3n) is 2.84. The highest BCUT2D eigenvalue weighted by atomic mass is 35.5. The first kappa shape index (κ1) is 11.2. The van der Waals surface area contributed by atoms with Crippen molar-refractivity contribution in [2.45, 2.75) is 25.3 Å². The molecule has 1 atom stereocenters. The second-order valence-electron chi connectivity index (χ2n) is 4.06. The van der Waals surface area contributed by atoms with Crippen LogP contribution in [0.2, 0.25) is 4.34 Å². The fourth-order valence-electron chi connectivity index (χ4n) is 1.97. The van der Waals surface area contributed by atoms with Crippen molar-refractivity contribution < 1.29 is 4.52 Å². The summed E-state index contributed by atoms with van der Waals surface area (Å²) < 4.78 is 6.05. The third-order valence-corrected chi connectivity index (χ3v) is 4.07. The Morgan fingerprint density at radius 3 is 3.06 bits per heavy atom. The van der Waals surface area contributed by atoms with Crippen LogP contribution in [0.15, 0.2) is 16.7 Å². The minimum atomic E-state index is 0.209. The molecule has 3 heterocycles. The maximum absolute atomic E-state index is 5.89. The lowest BCUT2D eigenvalue weighted by Gasteiger charge is -2.19. The fourth-order valence-corrected chi connectivity index (χ4v) is 2.94. The molecule has 0 bridgehead atoms. The Bertz CT molecular complexity index is 504. The summed E-state index contributed by atoms with van der Waals surface area (Å²) in [7, 11) is 0. The van der Waals surface area contributed by atoms with Gasteiger partial charge in [-0.3, -0.25) is 0 Å². The number of nitrogens with zero attached hydrogens (tertiary/aromatic N) is 2. The van der Waals surface area contributed by atoms with E-state index in [2.05, 4.69) is 15.5 Å². The summed E-state index contributed by atoms with van der Waals surface area (Å²) in [6, 6.07) is 3.97. The Morgan fingerprint density at radius 1 is 1.41 bits per heavy atom. The second kappa shape index (κ2) is 4.76. The van der Waals surface area contributed by atoms with E-state index in [4.69, 9.17) is 16.1 Å². The highest BCUT2D eigenvalue weighted by molar-refractivity contribution is 7.19. The lowest BCUT2D eigenvalue weighted by molar-refractivity contribution is 0.297. The van der Waals surface area contributed by atoms with Gasteiger partial charge in [-0.2, -0.15) is 4.98 Å². The van der Waals surface area contributed by atoms with Crippen LogP contribution in [0.4, 0.5) is 0 Å². The molecule has 1 aliphatic heterocycles. The van der Waals surface area contributed by atoms with Crippen LogP contribution in [0, 0.1) is 0 Å². The molecule has 6 heteroatoms. The zero-order chi connectivity index (χ0) is 11.7. The summed E-state index contributed by atoms with van der Waals surface area (Å²) in [6.45, 7) is 1.02. The number of rotatable bonds is 2. The maximum atomic E-state index is 5.89. The molecule has 0 aromatic carbocycles. The molecule has 0 amide bonds. The number of aromatic nitrogens is 2. The lowest BCUT2D eigenvalue weighted by atomic mass is 10.1. The van der Waals surface area contributed by atoms with Gasteiger partial charge in [0.2, 0.25) is 11.7 Å². The predicted octanol–water partition coefficient (Wildman–Crippen LogP) is 3.27. The molecule has 4 nitrogen and oxygen atoms in total. The van der Waals surface area contributed by atoms with Gasteiger partial charge < -0.3 is 9.84 Å². The van der Waals surface area contributed by atoms with Crippen LogP contribution >= 0.6 is 22.9 Å². The Kier molecular flexibility index (Phi) is 3.13. The first-order valence-electron chi connectivity index (χ1n) is 5.65. The Balaban J connectivity index is 1.82. The van der Waals surface area contributed by atoms with E-state index < -0.39 is 0 Å². The minimum absolute atomic E-state index is 0.209. The molecule has 1 N–H and O–H groups in total. The van der Waals surface area contributed by atoms with Gasteiger partial charge in [0.05, 0.1) is 15.3 Å². The van der Waals surface area contributed by atoms with Gasteiger partial charge in [0.1, 0.15) is 0 Å². The first-order valence-corrected chi connectivity index (χ1v) is 6.85. The SMILES string of the molecule is Clc1ccc(-c2noc(C3CCCCN3)n2)s1. The summed E-state index contributed by atoms with van der Waals surface area (Å²) >= 11 is 7.35. The molecule has 1 unspecified atom stereocenters.